The fourth-order valence-electron chi connectivity index (χ4n) is 4.26. The van der Waals surface area contributed by atoms with Crippen LogP contribution in [0.25, 0.3) is 11.4 Å². The fraction of sp³-hybridized carbons (Fsp3) is 0.346. The van der Waals surface area contributed by atoms with Crippen molar-refractivity contribution in [3.05, 3.63) is 69.0 Å². The van der Waals surface area contributed by atoms with Crippen LogP contribution in [0.5, 0.6) is 5.75 Å². The summed E-state index contributed by atoms with van der Waals surface area (Å²) in [6.45, 7) is 1.25. The van der Waals surface area contributed by atoms with Crippen molar-refractivity contribution in [2.24, 2.45) is 0 Å². The van der Waals surface area contributed by atoms with Crippen LogP contribution in [0.4, 0.5) is 0 Å². The minimum atomic E-state index is -0.796. The number of rotatable bonds is 11. The quantitative estimate of drug-likeness (QED) is 0.303. The molecule has 4 heterocycles. The number of nitrogens with one attached hydrogen (secondary N) is 1. The zero-order valence-corrected chi connectivity index (χ0v) is 22.5. The van der Waals surface area contributed by atoms with Gasteiger partial charge in [0.15, 0.2) is 0 Å². The molecule has 0 saturated carbocycles. The molecule has 1 aliphatic rings. The molecule has 12 heteroatoms. The predicted molar refractivity (Wildman–Crippen MR) is 144 cm³/mol. The van der Waals surface area contributed by atoms with Crippen molar-refractivity contribution in [1.29, 1.82) is 0 Å². The van der Waals surface area contributed by atoms with E-state index >= 15 is 0 Å². The number of benzene rings is 1. The Morgan fingerprint density at radius 3 is 2.68 bits per heavy atom. The monoisotopic (exact) mass is 552 g/mol. The Morgan fingerprint density at radius 1 is 1.18 bits per heavy atom. The standard InChI is InChI=1S/C26H28N6O4S2/c1-35-19-10-8-18(9-11-19)25-28-30-32(29-25)17-23(33)31(16-21-6-3-13-37-21)24(22-7-4-14-38-22)26(34)27-15-20-5-2-12-36-20/h3-4,6-11,13-14,20,24H,2,5,12,15-17H2,1H3,(H,27,34)/t20-,24+/m1/s1. The summed E-state index contributed by atoms with van der Waals surface area (Å²) >= 11 is 2.98. The van der Waals surface area contributed by atoms with Crippen LogP contribution in [0, 0.1) is 0 Å². The van der Waals surface area contributed by atoms with Gasteiger partial charge >= 0.3 is 0 Å². The molecule has 0 spiro atoms. The van der Waals surface area contributed by atoms with Crippen LogP contribution >= 0.6 is 22.7 Å². The normalized spacial score (nSPS) is 15.8. The average molecular weight is 553 g/mol. The van der Waals surface area contributed by atoms with Crippen molar-refractivity contribution < 1.29 is 19.1 Å². The Labute approximate surface area is 228 Å². The van der Waals surface area contributed by atoms with Crippen LogP contribution in [-0.2, 0) is 27.4 Å². The number of aromatic nitrogens is 4. The number of methoxy groups -OCH3 is 1. The van der Waals surface area contributed by atoms with Gasteiger partial charge in [0.05, 0.1) is 19.8 Å². The molecule has 38 heavy (non-hydrogen) atoms. The van der Waals surface area contributed by atoms with Crippen LogP contribution < -0.4 is 10.1 Å². The predicted octanol–water partition coefficient (Wildman–Crippen LogP) is 3.54. The molecule has 0 radical (unpaired) electrons. The minimum Gasteiger partial charge on any atom is -0.497 e. The average Bonchev–Trinajstić information content (AvgIpc) is 3.76. The number of ether oxygens (including phenoxy) is 2. The molecule has 1 aromatic carbocycles. The summed E-state index contributed by atoms with van der Waals surface area (Å²) in [6.07, 6.45) is 1.90. The van der Waals surface area contributed by atoms with Gasteiger partial charge in [0.2, 0.25) is 17.6 Å². The van der Waals surface area contributed by atoms with Crippen molar-refractivity contribution in [3.8, 4) is 17.1 Å². The van der Waals surface area contributed by atoms with Crippen LogP contribution in [0.1, 0.15) is 28.6 Å². The third kappa shape index (κ3) is 6.26. The Kier molecular flexibility index (Phi) is 8.41. The summed E-state index contributed by atoms with van der Waals surface area (Å²) in [5.41, 5.74) is 0.755. The highest BCUT2D eigenvalue weighted by Gasteiger charge is 2.33. The van der Waals surface area contributed by atoms with Crippen molar-refractivity contribution >= 4 is 34.5 Å². The van der Waals surface area contributed by atoms with Gasteiger partial charge in [-0.25, -0.2) is 0 Å². The SMILES string of the molecule is COc1ccc(-c2nnn(CC(=O)N(Cc3cccs3)[C@H](C(=O)NC[C@H]3CCCO3)c3cccs3)n2)cc1. The molecule has 0 unspecified atom stereocenters. The largest absolute Gasteiger partial charge is 0.497 e. The zero-order valence-electron chi connectivity index (χ0n) is 20.9. The molecule has 5 rings (SSSR count). The molecule has 2 atom stereocenters. The molecule has 198 valence electrons. The Hall–Kier alpha value is -3.61. The summed E-state index contributed by atoms with van der Waals surface area (Å²) in [7, 11) is 1.60. The lowest BCUT2D eigenvalue weighted by molar-refractivity contribution is -0.142. The number of carbonyl (C=O) groups excluding carboxylic acids is 2. The molecular weight excluding hydrogens is 524 g/mol. The third-order valence-corrected chi connectivity index (χ3v) is 7.99. The molecule has 0 bridgehead atoms. The number of thiophene rings is 2. The van der Waals surface area contributed by atoms with Crippen molar-refractivity contribution in [3.63, 3.8) is 0 Å². The first-order valence-corrected chi connectivity index (χ1v) is 14.0. The number of hydrogen-bond acceptors (Lipinski definition) is 9. The Morgan fingerprint density at radius 2 is 2.00 bits per heavy atom. The highest BCUT2D eigenvalue weighted by molar-refractivity contribution is 7.10. The van der Waals surface area contributed by atoms with E-state index in [0.29, 0.717) is 19.0 Å². The lowest BCUT2D eigenvalue weighted by Gasteiger charge is -2.30. The number of carbonyl (C=O) groups is 2. The maximum absolute atomic E-state index is 13.8. The van der Waals surface area contributed by atoms with Gasteiger partial charge in [0.1, 0.15) is 18.3 Å². The third-order valence-electron chi connectivity index (χ3n) is 6.21. The van der Waals surface area contributed by atoms with Crippen molar-refractivity contribution in [1.82, 2.24) is 30.4 Å². The lowest BCUT2D eigenvalue weighted by atomic mass is 10.1. The second kappa shape index (κ2) is 12.3. The van der Waals surface area contributed by atoms with Gasteiger partial charge in [-0.2, -0.15) is 4.80 Å². The number of hydrogen-bond donors (Lipinski definition) is 1. The lowest BCUT2D eigenvalue weighted by Crippen LogP contribution is -2.45. The first-order valence-electron chi connectivity index (χ1n) is 12.3. The van der Waals surface area contributed by atoms with E-state index in [-0.39, 0.29) is 31.0 Å². The smallest absolute Gasteiger partial charge is 0.248 e. The topological polar surface area (TPSA) is 111 Å². The molecule has 1 saturated heterocycles. The Bertz CT molecular complexity index is 1320. The number of nitrogens with zero attached hydrogens (tertiary/aromatic N) is 5. The highest BCUT2D eigenvalue weighted by atomic mass is 32.1. The van der Waals surface area contributed by atoms with Crippen LogP contribution in [0.2, 0.25) is 0 Å². The second-order valence-corrected chi connectivity index (χ2v) is 10.8. The van der Waals surface area contributed by atoms with Gasteiger partial charge in [-0.1, -0.05) is 12.1 Å². The number of tetrazole rings is 1. The molecule has 1 N–H and O–H groups in total. The summed E-state index contributed by atoms with van der Waals surface area (Å²) in [5.74, 6) is 0.591. The van der Waals surface area contributed by atoms with E-state index in [2.05, 4.69) is 20.7 Å². The van der Waals surface area contributed by atoms with E-state index < -0.39 is 6.04 Å². The van der Waals surface area contributed by atoms with E-state index in [1.54, 1.807) is 12.0 Å². The summed E-state index contributed by atoms with van der Waals surface area (Å²) in [5, 5.41) is 19.5. The molecule has 1 fully saturated rings. The number of amides is 2. The van der Waals surface area contributed by atoms with Gasteiger partial charge < -0.3 is 19.7 Å². The first-order chi connectivity index (χ1) is 18.6. The van der Waals surface area contributed by atoms with E-state index in [9.17, 15) is 9.59 Å². The maximum atomic E-state index is 13.8. The van der Waals surface area contributed by atoms with E-state index in [1.165, 1.54) is 27.5 Å². The van der Waals surface area contributed by atoms with Crippen molar-refractivity contribution in [2.45, 2.75) is 38.1 Å². The highest BCUT2D eigenvalue weighted by Crippen LogP contribution is 2.29. The van der Waals surface area contributed by atoms with Gasteiger partial charge in [0, 0.05) is 28.5 Å². The van der Waals surface area contributed by atoms with Crippen LogP contribution in [0.15, 0.2) is 59.3 Å². The second-order valence-electron chi connectivity index (χ2n) is 8.77. The molecule has 1 aliphatic heterocycles. The van der Waals surface area contributed by atoms with E-state index in [0.717, 1.165) is 33.9 Å². The summed E-state index contributed by atoms with van der Waals surface area (Å²) < 4.78 is 10.9. The minimum absolute atomic E-state index is 0.0000995. The van der Waals surface area contributed by atoms with Gasteiger partial charge in [-0.3, -0.25) is 9.59 Å². The Balaban J connectivity index is 1.37. The van der Waals surface area contributed by atoms with Gasteiger partial charge in [-0.15, -0.1) is 32.9 Å². The molecule has 0 aliphatic carbocycles. The maximum Gasteiger partial charge on any atom is 0.248 e. The van der Waals surface area contributed by atoms with Gasteiger partial charge in [0.25, 0.3) is 0 Å². The summed E-state index contributed by atoms with van der Waals surface area (Å²) in [4.78, 5) is 31.9. The first kappa shape index (κ1) is 26.0. The van der Waals surface area contributed by atoms with Crippen LogP contribution in [0.3, 0.4) is 0 Å². The summed E-state index contributed by atoms with van der Waals surface area (Å²) in [6, 6.07) is 14.1. The zero-order chi connectivity index (χ0) is 26.3. The van der Waals surface area contributed by atoms with Crippen molar-refractivity contribution in [2.75, 3.05) is 20.3 Å². The van der Waals surface area contributed by atoms with Crippen LogP contribution in [-0.4, -0.2) is 63.3 Å². The molecule has 3 aromatic heterocycles. The molecular formula is C26H28N6O4S2. The molecule has 10 nitrogen and oxygen atoms in total. The van der Waals surface area contributed by atoms with Gasteiger partial charge in [-0.05, 0) is 65.2 Å². The molecule has 2 amide bonds. The molecule has 4 aromatic rings. The van der Waals surface area contributed by atoms with E-state index in [1.807, 2.05) is 59.3 Å². The van der Waals surface area contributed by atoms with E-state index in [4.69, 9.17) is 9.47 Å². The fourth-order valence-corrected chi connectivity index (χ4v) is 5.80.